The average molecular weight is 427 g/mol. The standard InChI is InChI=1S/C22H30N5O2P/c1-22(2,3)21-18(12-24-27-21)26-17-11-20(23-13-19(17)29-4)25-16-9-7-8-15(10-16)14-30(5,6)28/h7-13H,14H2,1-6H3,(H,24,27)(H2,23,25,26). The highest BCUT2D eigenvalue weighted by molar-refractivity contribution is 7.61. The third kappa shape index (κ3) is 5.63. The second kappa shape index (κ2) is 8.52. The van der Waals surface area contributed by atoms with Gasteiger partial charge in [-0.2, -0.15) is 5.10 Å². The van der Waals surface area contributed by atoms with Crippen molar-refractivity contribution in [2.24, 2.45) is 0 Å². The Labute approximate surface area is 178 Å². The van der Waals surface area contributed by atoms with Gasteiger partial charge in [0.15, 0.2) is 5.75 Å². The number of nitrogens with one attached hydrogen (secondary N) is 3. The van der Waals surface area contributed by atoms with Crippen LogP contribution in [0.5, 0.6) is 5.75 Å². The van der Waals surface area contributed by atoms with Crippen molar-refractivity contribution < 1.29 is 9.30 Å². The van der Waals surface area contributed by atoms with E-state index in [2.05, 4.69) is 46.6 Å². The Morgan fingerprint density at radius 3 is 2.53 bits per heavy atom. The molecule has 2 aromatic heterocycles. The fraction of sp³-hybridized carbons (Fsp3) is 0.364. The van der Waals surface area contributed by atoms with Crippen LogP contribution in [-0.4, -0.2) is 35.6 Å². The molecule has 8 heteroatoms. The van der Waals surface area contributed by atoms with Crippen LogP contribution in [0.1, 0.15) is 32.0 Å². The van der Waals surface area contributed by atoms with E-state index in [4.69, 9.17) is 4.74 Å². The van der Waals surface area contributed by atoms with Crippen molar-refractivity contribution in [1.29, 1.82) is 0 Å². The van der Waals surface area contributed by atoms with Crippen LogP contribution in [0.4, 0.5) is 22.9 Å². The molecule has 0 aliphatic carbocycles. The summed E-state index contributed by atoms with van der Waals surface area (Å²) in [5, 5.41) is 14.0. The molecule has 0 bridgehead atoms. The number of hydrogen-bond acceptors (Lipinski definition) is 6. The van der Waals surface area contributed by atoms with Gasteiger partial charge in [0.1, 0.15) is 5.82 Å². The van der Waals surface area contributed by atoms with E-state index in [1.807, 2.05) is 30.3 Å². The van der Waals surface area contributed by atoms with Crippen molar-refractivity contribution in [2.45, 2.75) is 32.3 Å². The molecular weight excluding hydrogens is 397 g/mol. The summed E-state index contributed by atoms with van der Waals surface area (Å²) in [7, 11) is -0.521. The van der Waals surface area contributed by atoms with E-state index >= 15 is 0 Å². The van der Waals surface area contributed by atoms with E-state index in [-0.39, 0.29) is 5.41 Å². The van der Waals surface area contributed by atoms with Crippen LogP contribution < -0.4 is 15.4 Å². The molecule has 2 heterocycles. The fourth-order valence-corrected chi connectivity index (χ4v) is 4.28. The quantitative estimate of drug-likeness (QED) is 0.418. The molecule has 7 nitrogen and oxygen atoms in total. The summed E-state index contributed by atoms with van der Waals surface area (Å²) in [6.45, 7) is 9.98. The van der Waals surface area contributed by atoms with Crippen molar-refractivity contribution in [3.05, 3.63) is 54.0 Å². The number of pyridine rings is 1. The minimum Gasteiger partial charge on any atom is -0.493 e. The molecule has 0 fully saturated rings. The van der Waals surface area contributed by atoms with Gasteiger partial charge in [0, 0.05) is 23.3 Å². The van der Waals surface area contributed by atoms with E-state index in [1.165, 1.54) is 0 Å². The van der Waals surface area contributed by atoms with Gasteiger partial charge < -0.3 is 19.9 Å². The first kappa shape index (κ1) is 21.9. The van der Waals surface area contributed by atoms with Crippen LogP contribution >= 0.6 is 7.14 Å². The van der Waals surface area contributed by atoms with Crippen molar-refractivity contribution in [2.75, 3.05) is 31.1 Å². The van der Waals surface area contributed by atoms with Crippen LogP contribution in [0, 0.1) is 0 Å². The number of hydrogen-bond donors (Lipinski definition) is 3. The predicted octanol–water partition coefficient (Wildman–Crippen LogP) is 5.72. The zero-order chi connectivity index (χ0) is 21.9. The van der Waals surface area contributed by atoms with Crippen LogP contribution in [0.3, 0.4) is 0 Å². The maximum atomic E-state index is 12.2. The zero-order valence-corrected chi connectivity index (χ0v) is 19.3. The Morgan fingerprint density at radius 2 is 1.87 bits per heavy atom. The van der Waals surface area contributed by atoms with E-state index in [0.717, 1.165) is 28.3 Å². The van der Waals surface area contributed by atoms with Crippen molar-refractivity contribution in [1.82, 2.24) is 15.2 Å². The van der Waals surface area contributed by atoms with Crippen LogP contribution in [0.25, 0.3) is 0 Å². The van der Waals surface area contributed by atoms with Crippen LogP contribution in [0.15, 0.2) is 42.7 Å². The number of anilines is 4. The zero-order valence-electron chi connectivity index (χ0n) is 18.4. The summed E-state index contributed by atoms with van der Waals surface area (Å²) in [4.78, 5) is 4.46. The molecule has 0 aliphatic heterocycles. The van der Waals surface area contributed by atoms with Crippen molar-refractivity contribution >= 4 is 30.0 Å². The molecule has 0 atom stereocenters. The number of aromatic nitrogens is 3. The summed E-state index contributed by atoms with van der Waals surface area (Å²) >= 11 is 0. The van der Waals surface area contributed by atoms with Gasteiger partial charge in [-0.1, -0.05) is 32.9 Å². The Kier molecular flexibility index (Phi) is 6.22. The minimum absolute atomic E-state index is 0.0847. The maximum absolute atomic E-state index is 12.2. The fourth-order valence-electron chi connectivity index (χ4n) is 3.20. The number of H-pyrrole nitrogens is 1. The lowest BCUT2D eigenvalue weighted by atomic mass is 9.91. The van der Waals surface area contributed by atoms with E-state index < -0.39 is 7.14 Å². The molecule has 1 aromatic carbocycles. The number of ether oxygens (including phenoxy) is 1. The lowest BCUT2D eigenvalue weighted by Crippen LogP contribution is -2.14. The second-order valence-electron chi connectivity index (χ2n) is 8.86. The number of aromatic amines is 1. The summed E-state index contributed by atoms with van der Waals surface area (Å²) in [5.74, 6) is 1.31. The Bertz CT molecular complexity index is 1070. The largest absolute Gasteiger partial charge is 0.493 e. The molecule has 3 aromatic rings. The number of methoxy groups -OCH3 is 1. The first-order chi connectivity index (χ1) is 14.0. The smallest absolute Gasteiger partial charge is 0.160 e. The predicted molar refractivity (Wildman–Crippen MR) is 124 cm³/mol. The van der Waals surface area contributed by atoms with Gasteiger partial charge in [-0.05, 0) is 31.0 Å². The van der Waals surface area contributed by atoms with Crippen LogP contribution in [0.2, 0.25) is 0 Å². The summed E-state index contributed by atoms with van der Waals surface area (Å²) in [5.41, 5.74) is 4.52. The summed E-state index contributed by atoms with van der Waals surface area (Å²) < 4.78 is 17.6. The highest BCUT2D eigenvalue weighted by Crippen LogP contribution is 2.41. The molecule has 3 N–H and O–H groups in total. The Hall–Kier alpha value is -2.79. The third-order valence-corrected chi connectivity index (χ3v) is 5.64. The van der Waals surface area contributed by atoms with E-state index in [0.29, 0.717) is 17.7 Å². The molecular formula is C22H30N5O2P. The van der Waals surface area contributed by atoms with Gasteiger partial charge in [0.05, 0.1) is 43.7 Å². The first-order valence-electron chi connectivity index (χ1n) is 9.80. The SMILES string of the molecule is COc1cnc(Nc2cccc(CP(C)(C)=O)c2)cc1Nc1cn[nH]c1C(C)(C)C. The van der Waals surface area contributed by atoms with Gasteiger partial charge in [0.2, 0.25) is 0 Å². The third-order valence-electron chi connectivity index (χ3n) is 4.51. The lowest BCUT2D eigenvalue weighted by Gasteiger charge is -2.20. The lowest BCUT2D eigenvalue weighted by molar-refractivity contribution is 0.415. The van der Waals surface area contributed by atoms with Gasteiger partial charge >= 0.3 is 0 Å². The molecule has 0 spiro atoms. The Balaban J connectivity index is 1.86. The van der Waals surface area contributed by atoms with E-state index in [9.17, 15) is 4.57 Å². The highest BCUT2D eigenvalue weighted by atomic mass is 31.2. The Morgan fingerprint density at radius 1 is 1.10 bits per heavy atom. The van der Waals surface area contributed by atoms with E-state index in [1.54, 1.807) is 32.8 Å². The normalized spacial score (nSPS) is 11.9. The van der Waals surface area contributed by atoms with Crippen LogP contribution in [-0.2, 0) is 16.1 Å². The number of rotatable bonds is 7. The average Bonchev–Trinajstić information content (AvgIpc) is 3.09. The topological polar surface area (TPSA) is 91.9 Å². The second-order valence-corrected chi connectivity index (χ2v) is 12.3. The molecule has 0 unspecified atom stereocenters. The number of benzene rings is 1. The summed E-state index contributed by atoms with van der Waals surface area (Å²) in [6.07, 6.45) is 4.02. The minimum atomic E-state index is -2.14. The van der Waals surface area contributed by atoms with Gasteiger partial charge in [-0.25, -0.2) is 4.98 Å². The monoisotopic (exact) mass is 427 g/mol. The highest BCUT2D eigenvalue weighted by Gasteiger charge is 2.21. The van der Waals surface area contributed by atoms with Crippen molar-refractivity contribution in [3.8, 4) is 5.75 Å². The molecule has 3 rings (SSSR count). The maximum Gasteiger partial charge on any atom is 0.160 e. The molecule has 0 radical (unpaired) electrons. The van der Waals surface area contributed by atoms with Gasteiger partial charge in [-0.15, -0.1) is 0 Å². The van der Waals surface area contributed by atoms with Gasteiger partial charge in [-0.3, -0.25) is 5.10 Å². The molecule has 0 amide bonds. The molecule has 0 aliphatic rings. The molecule has 160 valence electrons. The molecule has 0 saturated heterocycles. The van der Waals surface area contributed by atoms with Crippen molar-refractivity contribution in [3.63, 3.8) is 0 Å². The molecule has 0 saturated carbocycles. The molecule has 30 heavy (non-hydrogen) atoms. The first-order valence-corrected chi connectivity index (χ1v) is 12.6. The summed E-state index contributed by atoms with van der Waals surface area (Å²) in [6, 6.07) is 9.82. The number of nitrogens with zero attached hydrogens (tertiary/aromatic N) is 2. The van der Waals surface area contributed by atoms with Gasteiger partial charge in [0.25, 0.3) is 0 Å².